The van der Waals surface area contributed by atoms with E-state index in [2.05, 4.69) is 5.32 Å². The summed E-state index contributed by atoms with van der Waals surface area (Å²) in [4.78, 5) is 22.3. The molecule has 2 rings (SSSR count). The summed E-state index contributed by atoms with van der Waals surface area (Å²) in [7, 11) is -0.748. The number of sulfonamides is 1. The molecule has 0 radical (unpaired) electrons. The number of nitrogens with zero attached hydrogens (tertiary/aromatic N) is 2. The molecule has 0 fully saturated rings. The van der Waals surface area contributed by atoms with E-state index >= 15 is 0 Å². The second-order valence-corrected chi connectivity index (χ2v) is 8.06. The van der Waals surface area contributed by atoms with E-state index in [1.54, 1.807) is 19.1 Å². The van der Waals surface area contributed by atoms with Gasteiger partial charge >= 0.3 is 0 Å². The monoisotopic (exact) mass is 389 g/mol. The summed E-state index contributed by atoms with van der Waals surface area (Å²) < 4.78 is 25.8. The van der Waals surface area contributed by atoms with Gasteiger partial charge < -0.3 is 5.32 Å². The molecule has 0 saturated heterocycles. The number of non-ortho nitro benzene ring substituents is 1. The van der Waals surface area contributed by atoms with Crippen LogP contribution in [-0.4, -0.2) is 37.6 Å². The summed E-state index contributed by atoms with van der Waals surface area (Å²) in [6.07, 6.45) is 2.77. The number of nitrogens with one attached hydrogen (secondary N) is 1. The van der Waals surface area contributed by atoms with Gasteiger partial charge in [-0.2, -0.15) is 0 Å². The minimum Gasteiger partial charge on any atom is -0.322 e. The van der Waals surface area contributed by atoms with Crippen molar-refractivity contribution >= 4 is 33.4 Å². The Bertz CT molecular complexity index is 996. The Morgan fingerprint density at radius 3 is 2.33 bits per heavy atom. The second kappa shape index (κ2) is 8.11. The lowest BCUT2D eigenvalue weighted by Crippen LogP contribution is -2.23. The van der Waals surface area contributed by atoms with Gasteiger partial charge in [-0.05, 0) is 48.4 Å². The molecular formula is C18H19N3O5S. The molecule has 2 aromatic carbocycles. The second-order valence-electron chi connectivity index (χ2n) is 5.94. The van der Waals surface area contributed by atoms with Gasteiger partial charge in [0.05, 0.1) is 9.82 Å². The molecule has 27 heavy (non-hydrogen) atoms. The lowest BCUT2D eigenvalue weighted by Gasteiger charge is -2.14. The third-order valence-corrected chi connectivity index (χ3v) is 5.70. The van der Waals surface area contributed by atoms with E-state index in [-0.39, 0.29) is 10.6 Å². The van der Waals surface area contributed by atoms with Crippen LogP contribution in [-0.2, 0) is 14.8 Å². The fourth-order valence-corrected chi connectivity index (χ4v) is 3.36. The Balaban J connectivity index is 2.15. The van der Waals surface area contributed by atoms with E-state index in [9.17, 15) is 23.3 Å². The average Bonchev–Trinajstić information content (AvgIpc) is 2.61. The highest BCUT2D eigenvalue weighted by Gasteiger charge is 2.20. The third-order valence-electron chi connectivity index (χ3n) is 3.75. The highest BCUT2D eigenvalue weighted by molar-refractivity contribution is 7.89. The number of nitro groups is 1. The van der Waals surface area contributed by atoms with Crippen molar-refractivity contribution in [1.29, 1.82) is 0 Å². The quantitative estimate of drug-likeness (QED) is 0.464. The minimum absolute atomic E-state index is 0.0362. The van der Waals surface area contributed by atoms with Crippen LogP contribution in [0.3, 0.4) is 0 Å². The van der Waals surface area contributed by atoms with Crippen molar-refractivity contribution in [2.45, 2.75) is 11.8 Å². The van der Waals surface area contributed by atoms with E-state index in [1.807, 2.05) is 0 Å². The van der Waals surface area contributed by atoms with Crippen LogP contribution in [0.1, 0.15) is 11.1 Å². The molecule has 0 saturated carbocycles. The number of carbonyl (C=O) groups is 1. The number of hydrogen-bond donors (Lipinski definition) is 1. The van der Waals surface area contributed by atoms with Crippen LogP contribution in [0.5, 0.6) is 0 Å². The first kappa shape index (κ1) is 20.3. The Morgan fingerprint density at radius 2 is 1.78 bits per heavy atom. The predicted molar refractivity (Wildman–Crippen MR) is 103 cm³/mol. The summed E-state index contributed by atoms with van der Waals surface area (Å²) in [5.74, 6) is -0.453. The van der Waals surface area contributed by atoms with Crippen molar-refractivity contribution in [2.24, 2.45) is 0 Å². The molecule has 0 unspecified atom stereocenters. The maximum atomic E-state index is 12.3. The van der Waals surface area contributed by atoms with Crippen LogP contribution < -0.4 is 5.32 Å². The number of nitro benzene ring substituents is 1. The van der Waals surface area contributed by atoms with Gasteiger partial charge in [0.1, 0.15) is 0 Å². The zero-order chi connectivity index (χ0) is 20.2. The molecule has 0 aromatic heterocycles. The molecule has 0 bridgehead atoms. The molecular weight excluding hydrogens is 370 g/mol. The first-order chi connectivity index (χ1) is 12.6. The number of carbonyl (C=O) groups excluding carboxylic acids is 1. The average molecular weight is 389 g/mol. The van der Waals surface area contributed by atoms with Crippen LogP contribution in [0, 0.1) is 17.0 Å². The van der Waals surface area contributed by atoms with Crippen molar-refractivity contribution in [1.82, 2.24) is 4.31 Å². The van der Waals surface area contributed by atoms with Crippen LogP contribution in [0.25, 0.3) is 6.08 Å². The molecule has 1 amide bonds. The summed E-state index contributed by atoms with van der Waals surface area (Å²) in [6, 6.07) is 10.4. The molecule has 1 N–H and O–H groups in total. The van der Waals surface area contributed by atoms with Crippen molar-refractivity contribution < 1.29 is 18.1 Å². The fraction of sp³-hybridized carbons (Fsp3) is 0.167. The van der Waals surface area contributed by atoms with Crippen molar-refractivity contribution in [2.75, 3.05) is 19.4 Å². The number of aryl methyl sites for hydroxylation is 1. The molecule has 0 heterocycles. The highest BCUT2D eigenvalue weighted by atomic mass is 32.2. The molecule has 0 spiro atoms. The van der Waals surface area contributed by atoms with Gasteiger partial charge in [-0.1, -0.05) is 6.07 Å². The van der Waals surface area contributed by atoms with Gasteiger partial charge in [-0.25, -0.2) is 12.7 Å². The molecule has 0 aliphatic heterocycles. The van der Waals surface area contributed by atoms with Gasteiger partial charge in [-0.3, -0.25) is 14.9 Å². The zero-order valence-corrected chi connectivity index (χ0v) is 15.9. The Kier molecular flexibility index (Phi) is 6.09. The number of amides is 1. The molecule has 0 aliphatic carbocycles. The van der Waals surface area contributed by atoms with Gasteiger partial charge in [0, 0.05) is 38.0 Å². The standard InChI is InChI=1S/C18H19N3O5S/c1-13-4-8-15(12-17(13)27(25,26)20(2)3)19-18(22)11-7-14-5-9-16(10-6-14)21(23)24/h4-12H,1-3H3,(H,19,22)/b11-7+. The van der Waals surface area contributed by atoms with Crippen molar-refractivity contribution in [3.05, 3.63) is 69.8 Å². The number of rotatable bonds is 6. The first-order valence-electron chi connectivity index (χ1n) is 7.88. The summed E-state index contributed by atoms with van der Waals surface area (Å²) in [6.45, 7) is 1.68. The lowest BCUT2D eigenvalue weighted by molar-refractivity contribution is -0.384. The molecule has 2 aromatic rings. The van der Waals surface area contributed by atoms with Crippen molar-refractivity contribution in [3.63, 3.8) is 0 Å². The predicted octanol–water partition coefficient (Wildman–Crippen LogP) is 2.81. The smallest absolute Gasteiger partial charge is 0.269 e. The normalized spacial score (nSPS) is 11.7. The minimum atomic E-state index is -3.62. The van der Waals surface area contributed by atoms with Crippen LogP contribution in [0.2, 0.25) is 0 Å². The zero-order valence-electron chi connectivity index (χ0n) is 15.0. The first-order valence-corrected chi connectivity index (χ1v) is 9.32. The summed E-state index contributed by atoms with van der Waals surface area (Å²) >= 11 is 0. The van der Waals surface area contributed by atoms with Gasteiger partial charge in [0.15, 0.2) is 0 Å². The number of anilines is 1. The topological polar surface area (TPSA) is 110 Å². The number of hydrogen-bond acceptors (Lipinski definition) is 5. The maximum Gasteiger partial charge on any atom is 0.269 e. The van der Waals surface area contributed by atoms with E-state index in [0.717, 1.165) is 4.31 Å². The maximum absolute atomic E-state index is 12.3. The van der Waals surface area contributed by atoms with Crippen LogP contribution in [0.15, 0.2) is 53.4 Å². The largest absolute Gasteiger partial charge is 0.322 e. The molecule has 142 valence electrons. The summed E-state index contributed by atoms with van der Waals surface area (Å²) in [5.41, 5.74) is 1.50. The van der Waals surface area contributed by atoms with Crippen molar-refractivity contribution in [3.8, 4) is 0 Å². The number of benzene rings is 2. The fourth-order valence-electron chi connectivity index (χ4n) is 2.22. The van der Waals surface area contributed by atoms with Gasteiger partial charge in [0.25, 0.3) is 5.69 Å². The van der Waals surface area contributed by atoms with Gasteiger partial charge in [-0.15, -0.1) is 0 Å². The van der Waals surface area contributed by atoms with Gasteiger partial charge in [0.2, 0.25) is 15.9 Å². The van der Waals surface area contributed by atoms with E-state index < -0.39 is 20.9 Å². The lowest BCUT2D eigenvalue weighted by atomic mass is 10.2. The van der Waals surface area contributed by atoms with Crippen LogP contribution in [0.4, 0.5) is 11.4 Å². The molecule has 9 heteroatoms. The summed E-state index contributed by atoms with van der Waals surface area (Å²) in [5, 5.41) is 13.2. The van der Waals surface area contributed by atoms with Crippen LogP contribution >= 0.6 is 0 Å². The van der Waals surface area contributed by atoms with E-state index in [4.69, 9.17) is 0 Å². The Morgan fingerprint density at radius 1 is 1.15 bits per heavy atom. The highest BCUT2D eigenvalue weighted by Crippen LogP contribution is 2.22. The molecule has 0 atom stereocenters. The third kappa shape index (κ3) is 4.99. The van der Waals surface area contributed by atoms with E-state index in [0.29, 0.717) is 16.8 Å². The molecule has 8 nitrogen and oxygen atoms in total. The Labute approximate surface area is 157 Å². The SMILES string of the molecule is Cc1ccc(NC(=O)/C=C/c2ccc([N+](=O)[O-])cc2)cc1S(=O)(=O)N(C)C. The molecule has 0 aliphatic rings. The van der Waals surface area contributed by atoms with E-state index in [1.165, 1.54) is 56.6 Å². The Hall–Kier alpha value is -3.04.